The summed E-state index contributed by atoms with van der Waals surface area (Å²) >= 11 is 0. The second kappa shape index (κ2) is 9.03. The molecule has 0 unspecified atom stereocenters. The quantitative estimate of drug-likeness (QED) is 0.625. The molecule has 0 aromatic heterocycles. The van der Waals surface area contributed by atoms with Gasteiger partial charge in [-0.3, -0.25) is 9.59 Å². The highest BCUT2D eigenvalue weighted by Gasteiger charge is 2.32. The number of aryl methyl sites for hydroxylation is 2. The van der Waals surface area contributed by atoms with Crippen LogP contribution >= 0.6 is 0 Å². The van der Waals surface area contributed by atoms with Gasteiger partial charge in [0.1, 0.15) is 12.4 Å². The number of primary amides is 1. The minimum atomic E-state index is -0.414. The lowest BCUT2D eigenvalue weighted by Crippen LogP contribution is -2.27. The van der Waals surface area contributed by atoms with Crippen LogP contribution < -0.4 is 10.5 Å². The second-order valence-corrected chi connectivity index (χ2v) is 9.13. The van der Waals surface area contributed by atoms with E-state index in [4.69, 9.17) is 10.5 Å². The number of benzene rings is 2. The van der Waals surface area contributed by atoms with Crippen molar-refractivity contribution in [1.82, 2.24) is 0 Å². The molecule has 0 saturated heterocycles. The number of rotatable bonds is 8. The van der Waals surface area contributed by atoms with Crippen molar-refractivity contribution in [1.29, 1.82) is 0 Å². The molecule has 2 N–H and O–H groups in total. The average molecular weight is 410 g/mol. The Labute approximate surface area is 180 Å². The molecule has 4 nitrogen and oxygen atoms in total. The Morgan fingerprint density at radius 1 is 0.900 bits per heavy atom. The van der Waals surface area contributed by atoms with Gasteiger partial charge in [-0.15, -0.1) is 0 Å². The summed E-state index contributed by atoms with van der Waals surface area (Å²) in [7, 11) is 0. The number of hydrogen-bond donors (Lipinski definition) is 1. The standard InChI is InChI=1S/C26H35NO3/c1-8-26(9-2,19-10-12-21(24(27)29)17(3)14-19)20-11-13-22(18(4)15-20)30-16-23(28)25(5,6)7/h10-15H,8-9,16H2,1-7H3,(H2,27,29). The molecule has 30 heavy (non-hydrogen) atoms. The molecule has 2 aromatic rings. The van der Waals surface area contributed by atoms with Gasteiger partial charge >= 0.3 is 0 Å². The van der Waals surface area contributed by atoms with E-state index in [0.29, 0.717) is 5.56 Å². The van der Waals surface area contributed by atoms with Crippen molar-refractivity contribution in [3.63, 3.8) is 0 Å². The normalized spacial score (nSPS) is 12.0. The van der Waals surface area contributed by atoms with Crippen molar-refractivity contribution in [2.24, 2.45) is 11.1 Å². The van der Waals surface area contributed by atoms with Crippen LogP contribution in [0, 0.1) is 19.3 Å². The molecule has 2 rings (SSSR count). The Morgan fingerprint density at radius 3 is 1.87 bits per heavy atom. The van der Waals surface area contributed by atoms with Gasteiger partial charge in [-0.1, -0.05) is 58.9 Å². The number of carbonyl (C=O) groups excluding carboxylic acids is 2. The molecule has 0 heterocycles. The predicted octanol–water partition coefficient (Wildman–Crippen LogP) is 5.50. The maximum Gasteiger partial charge on any atom is 0.248 e. The fourth-order valence-corrected chi connectivity index (χ4v) is 3.94. The second-order valence-electron chi connectivity index (χ2n) is 9.13. The zero-order valence-corrected chi connectivity index (χ0v) is 19.4. The van der Waals surface area contributed by atoms with Crippen molar-refractivity contribution in [2.45, 2.75) is 66.7 Å². The minimum absolute atomic E-state index is 0.0736. The lowest BCUT2D eigenvalue weighted by Gasteiger charge is -2.34. The molecule has 2 aromatic carbocycles. The van der Waals surface area contributed by atoms with E-state index in [2.05, 4.69) is 32.0 Å². The molecular weight excluding hydrogens is 374 g/mol. The molecule has 4 heteroatoms. The first kappa shape index (κ1) is 23.7. The Kier molecular flexibility index (Phi) is 7.12. The van der Waals surface area contributed by atoms with E-state index >= 15 is 0 Å². The number of ketones is 1. The van der Waals surface area contributed by atoms with E-state index in [1.54, 1.807) is 0 Å². The van der Waals surface area contributed by atoms with Crippen molar-refractivity contribution < 1.29 is 14.3 Å². The first-order valence-electron chi connectivity index (χ1n) is 10.6. The fraction of sp³-hybridized carbons (Fsp3) is 0.462. The van der Waals surface area contributed by atoms with Crippen molar-refractivity contribution >= 4 is 11.7 Å². The summed E-state index contributed by atoms with van der Waals surface area (Å²) in [6.45, 7) is 14.1. The molecule has 0 atom stereocenters. The molecular formula is C26H35NO3. The van der Waals surface area contributed by atoms with Crippen LogP contribution in [0.25, 0.3) is 0 Å². The molecule has 0 fully saturated rings. The average Bonchev–Trinajstić information content (AvgIpc) is 2.67. The van der Waals surface area contributed by atoms with Gasteiger partial charge in [0.2, 0.25) is 5.91 Å². The summed E-state index contributed by atoms with van der Waals surface area (Å²) < 4.78 is 5.83. The van der Waals surface area contributed by atoms with E-state index < -0.39 is 11.3 Å². The van der Waals surface area contributed by atoms with Crippen LogP contribution in [0.2, 0.25) is 0 Å². The van der Waals surface area contributed by atoms with Crippen LogP contribution in [0.3, 0.4) is 0 Å². The van der Waals surface area contributed by atoms with Crippen LogP contribution in [0.15, 0.2) is 36.4 Å². The van der Waals surface area contributed by atoms with E-state index in [1.165, 1.54) is 11.1 Å². The number of carbonyl (C=O) groups is 2. The van der Waals surface area contributed by atoms with Gasteiger partial charge in [0.05, 0.1) is 0 Å². The van der Waals surface area contributed by atoms with Gasteiger partial charge in [0.15, 0.2) is 5.78 Å². The van der Waals surface area contributed by atoms with Gasteiger partial charge in [0.25, 0.3) is 0 Å². The smallest absolute Gasteiger partial charge is 0.248 e. The van der Waals surface area contributed by atoms with Crippen molar-refractivity contribution in [3.8, 4) is 5.75 Å². The Hall–Kier alpha value is -2.62. The van der Waals surface area contributed by atoms with Gasteiger partial charge < -0.3 is 10.5 Å². The number of hydrogen-bond acceptors (Lipinski definition) is 3. The zero-order valence-electron chi connectivity index (χ0n) is 19.4. The molecule has 0 bridgehead atoms. The van der Waals surface area contributed by atoms with Crippen LogP contribution in [-0.4, -0.2) is 18.3 Å². The molecule has 0 aliphatic heterocycles. The summed E-state index contributed by atoms with van der Waals surface area (Å²) in [5, 5.41) is 0. The van der Waals surface area contributed by atoms with Crippen LogP contribution in [0.5, 0.6) is 5.75 Å². The predicted molar refractivity (Wildman–Crippen MR) is 122 cm³/mol. The SMILES string of the molecule is CCC(CC)(c1ccc(OCC(=O)C(C)(C)C)c(C)c1)c1ccc(C(N)=O)c(C)c1. The number of amides is 1. The number of nitrogens with two attached hydrogens (primary N) is 1. The highest BCUT2D eigenvalue weighted by atomic mass is 16.5. The summed E-state index contributed by atoms with van der Waals surface area (Å²) in [6.07, 6.45) is 1.84. The highest BCUT2D eigenvalue weighted by Crippen LogP contribution is 2.41. The molecule has 0 saturated carbocycles. The topological polar surface area (TPSA) is 69.4 Å². The zero-order chi connectivity index (χ0) is 22.7. The van der Waals surface area contributed by atoms with Crippen molar-refractivity contribution in [3.05, 3.63) is 64.2 Å². The Morgan fingerprint density at radius 2 is 1.43 bits per heavy atom. The summed E-state index contributed by atoms with van der Waals surface area (Å²) in [5.41, 5.74) is 9.72. The van der Waals surface area contributed by atoms with Crippen molar-refractivity contribution in [2.75, 3.05) is 6.61 Å². The third-order valence-electron chi connectivity index (χ3n) is 6.17. The maximum atomic E-state index is 12.2. The first-order valence-corrected chi connectivity index (χ1v) is 10.6. The monoisotopic (exact) mass is 409 g/mol. The van der Waals surface area contributed by atoms with Gasteiger partial charge in [-0.2, -0.15) is 0 Å². The minimum Gasteiger partial charge on any atom is -0.486 e. The van der Waals surface area contributed by atoms with E-state index in [1.807, 2.05) is 52.8 Å². The summed E-state index contributed by atoms with van der Waals surface area (Å²) in [6, 6.07) is 12.1. The molecule has 0 spiro atoms. The molecule has 0 aliphatic rings. The summed E-state index contributed by atoms with van der Waals surface area (Å²) in [5.74, 6) is 0.407. The lowest BCUT2D eigenvalue weighted by atomic mass is 9.70. The maximum absolute atomic E-state index is 12.2. The van der Waals surface area contributed by atoms with Crippen LogP contribution in [-0.2, 0) is 10.2 Å². The third-order valence-corrected chi connectivity index (χ3v) is 6.17. The largest absolute Gasteiger partial charge is 0.486 e. The van der Waals surface area contributed by atoms with Crippen LogP contribution in [0.4, 0.5) is 0 Å². The molecule has 162 valence electrons. The highest BCUT2D eigenvalue weighted by molar-refractivity contribution is 5.94. The fourth-order valence-electron chi connectivity index (χ4n) is 3.94. The van der Waals surface area contributed by atoms with Gasteiger partial charge in [-0.25, -0.2) is 0 Å². The van der Waals surface area contributed by atoms with E-state index in [-0.39, 0.29) is 17.8 Å². The Bertz CT molecular complexity index is 934. The Balaban J connectivity index is 2.41. The number of Topliss-reactive ketones (excluding diaryl/α,β-unsaturated/α-hetero) is 1. The molecule has 0 radical (unpaired) electrons. The van der Waals surface area contributed by atoms with E-state index in [0.717, 1.165) is 29.7 Å². The van der Waals surface area contributed by atoms with E-state index in [9.17, 15) is 9.59 Å². The third kappa shape index (κ3) is 4.75. The number of ether oxygens (including phenoxy) is 1. The lowest BCUT2D eigenvalue weighted by molar-refractivity contribution is -0.128. The van der Waals surface area contributed by atoms with Gasteiger partial charge in [0, 0.05) is 16.4 Å². The van der Waals surface area contributed by atoms with Gasteiger partial charge in [-0.05, 0) is 61.1 Å². The van der Waals surface area contributed by atoms with Crippen LogP contribution in [0.1, 0.15) is 80.1 Å². The molecule has 1 amide bonds. The summed E-state index contributed by atoms with van der Waals surface area (Å²) in [4.78, 5) is 23.8. The first-order chi connectivity index (χ1) is 14.0. The molecule has 0 aliphatic carbocycles.